The van der Waals surface area contributed by atoms with E-state index in [4.69, 9.17) is 4.74 Å². The minimum Gasteiger partial charge on any atom is -0.480 e. The minimum absolute atomic E-state index is 0.0641. The van der Waals surface area contributed by atoms with Gasteiger partial charge in [-0.05, 0) is 41.6 Å². The Bertz CT molecular complexity index is 673. The van der Waals surface area contributed by atoms with Crippen molar-refractivity contribution in [3.8, 4) is 5.88 Å². The topological polar surface area (TPSA) is 75.6 Å². The Morgan fingerprint density at radius 3 is 2.52 bits per heavy atom. The fourth-order valence-corrected chi connectivity index (χ4v) is 5.06. The van der Waals surface area contributed by atoms with Crippen LogP contribution in [0.15, 0.2) is 10.7 Å². The van der Waals surface area contributed by atoms with Crippen LogP contribution >= 0.6 is 15.9 Å². The van der Waals surface area contributed by atoms with Gasteiger partial charge in [0.05, 0.1) is 23.0 Å². The van der Waals surface area contributed by atoms with Crippen LogP contribution in [0.3, 0.4) is 0 Å². The van der Waals surface area contributed by atoms with Crippen molar-refractivity contribution < 1.29 is 13.2 Å². The average molecular weight is 405 g/mol. The van der Waals surface area contributed by atoms with Crippen LogP contribution in [-0.2, 0) is 10.0 Å². The molecule has 23 heavy (non-hydrogen) atoms. The second-order valence-corrected chi connectivity index (χ2v) is 9.13. The number of sulfonamides is 1. The number of hydrogen-bond donors (Lipinski definition) is 0. The Kier molecular flexibility index (Phi) is 4.80. The van der Waals surface area contributed by atoms with E-state index < -0.39 is 10.0 Å². The van der Waals surface area contributed by atoms with E-state index in [0.717, 1.165) is 38.8 Å². The second kappa shape index (κ2) is 6.52. The summed E-state index contributed by atoms with van der Waals surface area (Å²) in [5.74, 6) is 1.13. The molecule has 1 aliphatic carbocycles. The second-order valence-electron chi connectivity index (χ2n) is 6.01. The van der Waals surface area contributed by atoms with Crippen molar-refractivity contribution in [3.05, 3.63) is 10.7 Å². The maximum absolute atomic E-state index is 12.3. The van der Waals surface area contributed by atoms with Crippen molar-refractivity contribution >= 4 is 31.9 Å². The van der Waals surface area contributed by atoms with E-state index in [1.807, 2.05) is 0 Å². The first-order valence-corrected chi connectivity index (χ1v) is 10.0. The van der Waals surface area contributed by atoms with Crippen molar-refractivity contribution in [3.63, 3.8) is 0 Å². The van der Waals surface area contributed by atoms with Gasteiger partial charge in [-0.3, -0.25) is 0 Å². The molecule has 2 aliphatic rings. The highest BCUT2D eigenvalue weighted by Crippen LogP contribution is 2.33. The number of ether oxygens (including phenoxy) is 1. The van der Waals surface area contributed by atoms with Gasteiger partial charge in [-0.15, -0.1) is 0 Å². The Morgan fingerprint density at radius 2 is 1.96 bits per heavy atom. The molecule has 0 radical (unpaired) electrons. The third kappa shape index (κ3) is 3.46. The first-order valence-electron chi connectivity index (χ1n) is 7.72. The molecule has 1 saturated carbocycles. The Hall–Kier alpha value is -0.930. The molecule has 0 atom stereocenters. The summed E-state index contributed by atoms with van der Waals surface area (Å²) < 4.78 is 32.2. The highest BCUT2D eigenvalue weighted by atomic mass is 79.9. The first-order chi connectivity index (χ1) is 10.9. The average Bonchev–Trinajstić information content (AvgIpc) is 3.40. The normalized spacial score (nSPS) is 20.1. The molecule has 1 aromatic heterocycles. The summed E-state index contributed by atoms with van der Waals surface area (Å²) in [7, 11) is 0.179. The van der Waals surface area contributed by atoms with Gasteiger partial charge < -0.3 is 9.64 Å². The third-order valence-electron chi connectivity index (χ3n) is 4.50. The number of halogens is 1. The van der Waals surface area contributed by atoms with Crippen LogP contribution in [0.25, 0.3) is 0 Å². The molecule has 1 saturated heterocycles. The summed E-state index contributed by atoms with van der Waals surface area (Å²) in [5.41, 5.74) is 0. The van der Waals surface area contributed by atoms with E-state index in [0.29, 0.717) is 16.3 Å². The van der Waals surface area contributed by atoms with Gasteiger partial charge in [0.25, 0.3) is 0 Å². The maximum atomic E-state index is 12.3. The molecular weight excluding hydrogens is 384 g/mol. The Morgan fingerprint density at radius 1 is 1.30 bits per heavy atom. The van der Waals surface area contributed by atoms with Crippen LogP contribution in [0.4, 0.5) is 5.95 Å². The van der Waals surface area contributed by atoms with E-state index in [-0.39, 0.29) is 11.3 Å². The molecule has 1 aromatic rings. The van der Waals surface area contributed by atoms with Gasteiger partial charge in [0.15, 0.2) is 0 Å². The number of methoxy groups -OCH3 is 1. The summed E-state index contributed by atoms with van der Waals surface area (Å²) >= 11 is 3.34. The Balaban J connectivity index is 1.64. The lowest BCUT2D eigenvalue weighted by molar-refractivity contribution is 0.310. The quantitative estimate of drug-likeness (QED) is 0.742. The molecular formula is C14H21BrN4O3S. The third-order valence-corrected chi connectivity index (χ3v) is 7.46. The molecule has 3 rings (SSSR count). The molecule has 2 heterocycles. The number of anilines is 1. The number of nitrogens with zero attached hydrogens (tertiary/aromatic N) is 4. The van der Waals surface area contributed by atoms with Gasteiger partial charge in [-0.1, -0.05) is 0 Å². The van der Waals surface area contributed by atoms with Gasteiger partial charge in [0.1, 0.15) is 0 Å². The van der Waals surface area contributed by atoms with Crippen molar-refractivity contribution in [1.29, 1.82) is 0 Å². The Labute approximate surface area is 145 Å². The molecule has 0 bridgehead atoms. The molecule has 0 N–H and O–H groups in total. The van der Waals surface area contributed by atoms with Gasteiger partial charge in [-0.2, -0.15) is 4.98 Å². The van der Waals surface area contributed by atoms with Crippen molar-refractivity contribution in [2.24, 2.45) is 0 Å². The maximum Gasteiger partial charge on any atom is 0.232 e. The van der Waals surface area contributed by atoms with Crippen LogP contribution in [0.1, 0.15) is 25.7 Å². The van der Waals surface area contributed by atoms with Gasteiger partial charge >= 0.3 is 0 Å². The highest BCUT2D eigenvalue weighted by Gasteiger charge is 2.41. The highest BCUT2D eigenvalue weighted by molar-refractivity contribution is 9.10. The zero-order chi connectivity index (χ0) is 16.6. The number of aromatic nitrogens is 2. The smallest absolute Gasteiger partial charge is 0.232 e. The van der Waals surface area contributed by atoms with Gasteiger partial charge in [-0.25, -0.2) is 17.7 Å². The molecule has 0 spiro atoms. The summed E-state index contributed by atoms with van der Waals surface area (Å²) in [6.45, 7) is 1.47. The van der Waals surface area contributed by atoms with E-state index in [1.54, 1.807) is 24.7 Å². The number of rotatable bonds is 5. The molecule has 0 amide bonds. The molecule has 0 unspecified atom stereocenters. The van der Waals surface area contributed by atoms with E-state index in [9.17, 15) is 8.42 Å². The largest absolute Gasteiger partial charge is 0.480 e. The van der Waals surface area contributed by atoms with Crippen LogP contribution < -0.4 is 9.64 Å². The van der Waals surface area contributed by atoms with Crippen LogP contribution in [0.5, 0.6) is 5.88 Å². The first kappa shape index (κ1) is 16.9. The summed E-state index contributed by atoms with van der Waals surface area (Å²) in [6.07, 6.45) is 4.85. The monoisotopic (exact) mass is 404 g/mol. The fourth-order valence-electron chi connectivity index (χ4n) is 2.88. The molecule has 1 aliphatic heterocycles. The van der Waals surface area contributed by atoms with E-state index >= 15 is 0 Å². The lowest BCUT2D eigenvalue weighted by atomic mass is 10.1. The minimum atomic E-state index is -3.11. The number of hydrogen-bond acceptors (Lipinski definition) is 6. The molecule has 7 nitrogen and oxygen atoms in total. The van der Waals surface area contributed by atoms with Crippen LogP contribution in [-0.4, -0.2) is 61.2 Å². The zero-order valence-electron chi connectivity index (χ0n) is 13.3. The van der Waals surface area contributed by atoms with Crippen LogP contribution in [0.2, 0.25) is 0 Å². The molecule has 9 heteroatoms. The van der Waals surface area contributed by atoms with Gasteiger partial charge in [0, 0.05) is 26.2 Å². The van der Waals surface area contributed by atoms with Crippen LogP contribution in [0, 0.1) is 0 Å². The summed E-state index contributed by atoms with van der Waals surface area (Å²) in [6, 6.07) is 0.0641. The standard InChI is InChI=1S/C14H21BrN4O3S/c1-18(23(20,21)11-3-4-11)10-5-7-19(8-6-10)14-16-9-12(15)13(17-14)22-2/h9-11H,3-8H2,1-2H3. The fraction of sp³-hybridized carbons (Fsp3) is 0.714. The predicted molar refractivity (Wildman–Crippen MR) is 91.2 cm³/mol. The number of piperidine rings is 1. The van der Waals surface area contributed by atoms with E-state index in [1.165, 1.54) is 0 Å². The zero-order valence-corrected chi connectivity index (χ0v) is 15.7. The molecule has 2 fully saturated rings. The summed E-state index contributed by atoms with van der Waals surface area (Å²) in [5, 5.41) is -0.149. The van der Waals surface area contributed by atoms with Crippen molar-refractivity contribution in [2.75, 3.05) is 32.1 Å². The molecule has 128 valence electrons. The van der Waals surface area contributed by atoms with E-state index in [2.05, 4.69) is 30.8 Å². The van der Waals surface area contributed by atoms with Gasteiger partial charge in [0.2, 0.25) is 21.9 Å². The summed E-state index contributed by atoms with van der Waals surface area (Å²) in [4.78, 5) is 10.8. The van der Waals surface area contributed by atoms with Crippen molar-refractivity contribution in [1.82, 2.24) is 14.3 Å². The SMILES string of the molecule is COc1nc(N2CCC(N(C)S(=O)(=O)C3CC3)CC2)ncc1Br. The molecule has 0 aromatic carbocycles. The lowest BCUT2D eigenvalue weighted by Gasteiger charge is -2.36. The van der Waals surface area contributed by atoms with Crippen molar-refractivity contribution in [2.45, 2.75) is 37.0 Å². The lowest BCUT2D eigenvalue weighted by Crippen LogP contribution is -2.46. The predicted octanol–water partition coefficient (Wildman–Crippen LogP) is 1.64.